The molecule has 2 nitrogen and oxygen atoms in total. The molecule has 0 aromatic rings. The molecule has 0 unspecified atom stereocenters. The van der Waals surface area contributed by atoms with Crippen molar-refractivity contribution < 1.29 is 0 Å². The molecule has 0 aromatic heterocycles. The van der Waals surface area contributed by atoms with E-state index < -0.39 is 0 Å². The highest BCUT2D eigenvalue weighted by Crippen LogP contribution is 2.09. The molecule has 0 atom stereocenters. The zero-order chi connectivity index (χ0) is 6.78. The van der Waals surface area contributed by atoms with E-state index in [0.717, 1.165) is 5.06 Å². The van der Waals surface area contributed by atoms with Gasteiger partial charge in [0, 0.05) is 5.54 Å². The summed E-state index contributed by atoms with van der Waals surface area (Å²) in [6.45, 7) is 8.15. The molecular formula is C6H14NO-. The first-order valence-corrected chi connectivity index (χ1v) is 2.93. The molecule has 50 valence electrons. The number of rotatable bonds is 1. The Morgan fingerprint density at radius 1 is 1.38 bits per heavy atom. The lowest BCUT2D eigenvalue weighted by atomic mass is 10.1. The second-order valence-electron chi connectivity index (χ2n) is 2.87. The van der Waals surface area contributed by atoms with Crippen molar-refractivity contribution in [2.45, 2.75) is 33.2 Å². The zero-order valence-corrected chi connectivity index (χ0v) is 6.06. The van der Waals surface area contributed by atoms with Gasteiger partial charge >= 0.3 is 0 Å². The van der Waals surface area contributed by atoms with Gasteiger partial charge < -0.3 is 10.3 Å². The smallest absolute Gasteiger partial charge is 0.000412 e. The van der Waals surface area contributed by atoms with Gasteiger partial charge in [0.15, 0.2) is 0 Å². The summed E-state index contributed by atoms with van der Waals surface area (Å²) in [6, 6.07) is 0. The van der Waals surface area contributed by atoms with Gasteiger partial charge in [-0.3, -0.25) is 0 Å². The quantitative estimate of drug-likeness (QED) is 0.486. The molecule has 0 aromatic carbocycles. The minimum absolute atomic E-state index is 0.214. The number of nitrogens with zero attached hydrogens (tertiary/aromatic N) is 1. The summed E-state index contributed by atoms with van der Waals surface area (Å²) in [6.07, 6.45) is 0. The monoisotopic (exact) mass is 116 g/mol. The van der Waals surface area contributed by atoms with Crippen LogP contribution in [0.4, 0.5) is 0 Å². The summed E-state index contributed by atoms with van der Waals surface area (Å²) in [4.78, 5) is 0. The molecule has 0 aliphatic heterocycles. The van der Waals surface area contributed by atoms with Crippen LogP contribution in [-0.2, 0) is 0 Å². The van der Waals surface area contributed by atoms with E-state index in [0.29, 0.717) is 6.54 Å². The maximum absolute atomic E-state index is 10.8. The van der Waals surface area contributed by atoms with Crippen molar-refractivity contribution in [3.63, 3.8) is 0 Å². The van der Waals surface area contributed by atoms with Crippen molar-refractivity contribution in [1.29, 1.82) is 0 Å². The molecule has 0 aliphatic rings. The third-order valence-corrected chi connectivity index (χ3v) is 1.04. The van der Waals surface area contributed by atoms with E-state index in [2.05, 4.69) is 0 Å². The molecule has 8 heavy (non-hydrogen) atoms. The Morgan fingerprint density at radius 2 is 1.75 bits per heavy atom. The maximum Gasteiger partial charge on any atom is 0.000412 e. The Morgan fingerprint density at radius 3 is 1.75 bits per heavy atom. The SMILES string of the molecule is CCN([O-])C(C)(C)C. The highest BCUT2D eigenvalue weighted by molar-refractivity contribution is 4.74. The fraction of sp³-hybridized carbons (Fsp3) is 1.00. The van der Waals surface area contributed by atoms with Crippen molar-refractivity contribution in [2.75, 3.05) is 6.54 Å². The topological polar surface area (TPSA) is 26.3 Å². The van der Waals surface area contributed by atoms with E-state index in [-0.39, 0.29) is 5.54 Å². The first-order chi connectivity index (χ1) is 3.48. The van der Waals surface area contributed by atoms with E-state index in [1.54, 1.807) is 0 Å². The number of hydroxylamine groups is 2. The molecule has 0 fully saturated rings. The molecule has 0 spiro atoms. The van der Waals surface area contributed by atoms with Crippen molar-refractivity contribution in [2.24, 2.45) is 0 Å². The Labute approximate surface area is 51.1 Å². The second kappa shape index (κ2) is 2.46. The number of hydrogen-bond donors (Lipinski definition) is 0. The van der Waals surface area contributed by atoms with Crippen LogP contribution in [0.3, 0.4) is 0 Å². The largest absolute Gasteiger partial charge is 0.785 e. The predicted octanol–water partition coefficient (Wildman–Crippen LogP) is 1.60. The van der Waals surface area contributed by atoms with E-state index in [4.69, 9.17) is 0 Å². The van der Waals surface area contributed by atoms with E-state index in [1.807, 2.05) is 27.7 Å². The average molecular weight is 116 g/mol. The summed E-state index contributed by atoms with van der Waals surface area (Å²) in [7, 11) is 0. The minimum Gasteiger partial charge on any atom is -0.785 e. The normalized spacial score (nSPS) is 12.8. The van der Waals surface area contributed by atoms with Gasteiger partial charge in [-0.2, -0.15) is 0 Å². The summed E-state index contributed by atoms with van der Waals surface area (Å²) in [5, 5.41) is 11.8. The van der Waals surface area contributed by atoms with E-state index in [9.17, 15) is 5.21 Å². The van der Waals surface area contributed by atoms with Crippen LogP contribution in [0.5, 0.6) is 0 Å². The summed E-state index contributed by atoms with van der Waals surface area (Å²) in [5.74, 6) is 0. The van der Waals surface area contributed by atoms with Gasteiger partial charge in [-0.1, -0.05) is 6.92 Å². The minimum atomic E-state index is -0.214. The lowest BCUT2D eigenvalue weighted by molar-refractivity contribution is 0.217. The summed E-state index contributed by atoms with van der Waals surface area (Å²) < 4.78 is 0. The Balaban J connectivity index is 3.62. The molecule has 0 saturated heterocycles. The standard InChI is InChI=1S/C6H14NO/c1-5-7(8)6(2,3)4/h5H2,1-4H3/q-1. The second-order valence-corrected chi connectivity index (χ2v) is 2.87. The molecule has 0 amide bonds. The van der Waals surface area contributed by atoms with Crippen molar-refractivity contribution in [3.8, 4) is 0 Å². The molecule has 0 N–H and O–H groups in total. The fourth-order valence-electron chi connectivity index (χ4n) is 0.474. The first-order valence-electron chi connectivity index (χ1n) is 2.93. The van der Waals surface area contributed by atoms with Gasteiger partial charge in [0.05, 0.1) is 0 Å². The molecule has 2 heteroatoms. The molecular weight excluding hydrogens is 102 g/mol. The van der Waals surface area contributed by atoms with Crippen molar-refractivity contribution >= 4 is 0 Å². The van der Waals surface area contributed by atoms with Crippen LogP contribution in [0.15, 0.2) is 0 Å². The highest BCUT2D eigenvalue weighted by atomic mass is 16.5. The lowest BCUT2D eigenvalue weighted by Gasteiger charge is -2.40. The molecule has 0 aliphatic carbocycles. The van der Waals surface area contributed by atoms with Crippen molar-refractivity contribution in [1.82, 2.24) is 5.06 Å². The van der Waals surface area contributed by atoms with Crippen LogP contribution in [-0.4, -0.2) is 17.1 Å². The van der Waals surface area contributed by atoms with Gasteiger partial charge in [-0.25, -0.2) is 0 Å². The van der Waals surface area contributed by atoms with Gasteiger partial charge in [-0.05, 0) is 27.3 Å². The van der Waals surface area contributed by atoms with Gasteiger partial charge in [-0.15, -0.1) is 0 Å². The van der Waals surface area contributed by atoms with Crippen molar-refractivity contribution in [3.05, 3.63) is 5.21 Å². The van der Waals surface area contributed by atoms with Crippen LogP contribution in [0, 0.1) is 5.21 Å². The molecule has 0 bridgehead atoms. The van der Waals surface area contributed by atoms with Crippen LogP contribution in [0.2, 0.25) is 0 Å². The summed E-state index contributed by atoms with van der Waals surface area (Å²) in [5.41, 5.74) is -0.214. The van der Waals surface area contributed by atoms with E-state index in [1.165, 1.54) is 0 Å². The molecule has 0 radical (unpaired) electrons. The Hall–Kier alpha value is -0.0800. The van der Waals surface area contributed by atoms with Crippen LogP contribution in [0.1, 0.15) is 27.7 Å². The fourth-order valence-corrected chi connectivity index (χ4v) is 0.474. The first kappa shape index (κ1) is 7.92. The maximum atomic E-state index is 10.8. The molecule has 0 heterocycles. The van der Waals surface area contributed by atoms with Gasteiger partial charge in [0.1, 0.15) is 0 Å². The van der Waals surface area contributed by atoms with E-state index >= 15 is 0 Å². The Bertz CT molecular complexity index is 65.4. The number of hydrogen-bond acceptors (Lipinski definition) is 2. The molecule has 0 saturated carbocycles. The third kappa shape index (κ3) is 2.28. The zero-order valence-electron chi connectivity index (χ0n) is 6.06. The summed E-state index contributed by atoms with van der Waals surface area (Å²) >= 11 is 0. The average Bonchev–Trinajstić information content (AvgIpc) is 1.62. The Kier molecular flexibility index (Phi) is 2.44. The van der Waals surface area contributed by atoms with Gasteiger partial charge in [0.2, 0.25) is 0 Å². The molecule has 0 rings (SSSR count). The van der Waals surface area contributed by atoms with Crippen LogP contribution >= 0.6 is 0 Å². The third-order valence-electron chi connectivity index (χ3n) is 1.04. The van der Waals surface area contributed by atoms with Crippen LogP contribution < -0.4 is 0 Å². The van der Waals surface area contributed by atoms with Gasteiger partial charge in [0.25, 0.3) is 0 Å². The predicted molar refractivity (Wildman–Crippen MR) is 35.5 cm³/mol. The highest BCUT2D eigenvalue weighted by Gasteiger charge is 2.08. The lowest BCUT2D eigenvalue weighted by Crippen LogP contribution is -2.36. The van der Waals surface area contributed by atoms with Crippen LogP contribution in [0.25, 0.3) is 0 Å².